The molecule has 2 aromatic carbocycles. The number of rotatable bonds is 7. The first kappa shape index (κ1) is 21.9. The molecule has 0 aliphatic heterocycles. The van der Waals surface area contributed by atoms with Gasteiger partial charge in [-0.15, -0.1) is 0 Å². The molecule has 0 aliphatic rings. The topological polar surface area (TPSA) is 58.4 Å². The zero-order valence-corrected chi connectivity index (χ0v) is 16.8. The van der Waals surface area contributed by atoms with E-state index in [4.69, 9.17) is 16.0 Å². The first-order valence-electron chi connectivity index (χ1n) is 9.15. The number of carbonyl (C=O) groups is 1. The molecule has 1 amide bonds. The van der Waals surface area contributed by atoms with E-state index in [-0.39, 0.29) is 18.8 Å². The summed E-state index contributed by atoms with van der Waals surface area (Å²) in [5, 5.41) is 2.90. The van der Waals surface area contributed by atoms with Crippen molar-refractivity contribution in [1.29, 1.82) is 0 Å². The van der Waals surface area contributed by atoms with Crippen molar-refractivity contribution in [2.24, 2.45) is 0 Å². The molecule has 158 valence electrons. The number of para-hydroxylation sites is 1. The molecule has 0 fully saturated rings. The summed E-state index contributed by atoms with van der Waals surface area (Å²) < 4.78 is 45.0. The molecule has 0 radical (unpaired) electrons. The lowest BCUT2D eigenvalue weighted by molar-refractivity contribution is -0.137. The summed E-state index contributed by atoms with van der Waals surface area (Å²) in [4.78, 5) is 18.3. The van der Waals surface area contributed by atoms with Crippen molar-refractivity contribution in [2.45, 2.75) is 19.6 Å². The van der Waals surface area contributed by atoms with Gasteiger partial charge < -0.3 is 9.73 Å². The number of likely N-dealkylation sites (N-methyl/N-ethyl adjacent to an activating group) is 1. The van der Waals surface area contributed by atoms with Gasteiger partial charge in [-0.05, 0) is 30.8 Å². The van der Waals surface area contributed by atoms with Gasteiger partial charge in [0, 0.05) is 10.6 Å². The maximum atomic E-state index is 13.1. The van der Waals surface area contributed by atoms with E-state index in [1.807, 2.05) is 13.0 Å². The minimum absolute atomic E-state index is 0.114. The maximum Gasteiger partial charge on any atom is 0.418 e. The summed E-state index contributed by atoms with van der Waals surface area (Å²) in [6.07, 6.45) is -2.99. The Labute approximate surface area is 176 Å². The highest BCUT2D eigenvalue weighted by Crippen LogP contribution is 2.34. The summed E-state index contributed by atoms with van der Waals surface area (Å²) >= 11 is 5.99. The third-order valence-electron chi connectivity index (χ3n) is 4.34. The Morgan fingerprint density at radius 3 is 2.67 bits per heavy atom. The summed E-state index contributed by atoms with van der Waals surface area (Å²) in [6.45, 7) is 2.42. The normalized spacial score (nSPS) is 11.7. The van der Waals surface area contributed by atoms with Crippen molar-refractivity contribution >= 4 is 23.2 Å². The predicted molar refractivity (Wildman–Crippen MR) is 108 cm³/mol. The van der Waals surface area contributed by atoms with Crippen molar-refractivity contribution in [3.8, 4) is 11.3 Å². The Bertz CT molecular complexity index is 1020. The average Bonchev–Trinajstić information content (AvgIpc) is 3.15. The van der Waals surface area contributed by atoms with Gasteiger partial charge in [0.2, 0.25) is 11.8 Å². The van der Waals surface area contributed by atoms with E-state index in [2.05, 4.69) is 10.3 Å². The van der Waals surface area contributed by atoms with Crippen LogP contribution in [0.25, 0.3) is 11.3 Å². The van der Waals surface area contributed by atoms with Gasteiger partial charge in [-0.2, -0.15) is 13.2 Å². The molecule has 3 rings (SSSR count). The number of carbonyl (C=O) groups excluding carboxylic acids is 1. The molecular formula is C21H19ClF3N3O2. The Hall–Kier alpha value is -2.84. The van der Waals surface area contributed by atoms with E-state index < -0.39 is 17.6 Å². The fourth-order valence-corrected chi connectivity index (χ4v) is 3.05. The van der Waals surface area contributed by atoms with Crippen LogP contribution in [-0.4, -0.2) is 28.9 Å². The third kappa shape index (κ3) is 5.61. The Kier molecular flexibility index (Phi) is 6.79. The molecule has 0 unspecified atom stereocenters. The minimum Gasteiger partial charge on any atom is -0.439 e. The lowest BCUT2D eigenvalue weighted by Gasteiger charge is -2.19. The maximum absolute atomic E-state index is 13.1. The fraction of sp³-hybridized carbons (Fsp3) is 0.238. The lowest BCUT2D eigenvalue weighted by atomic mass is 10.1. The highest BCUT2D eigenvalue weighted by molar-refractivity contribution is 6.30. The van der Waals surface area contributed by atoms with Gasteiger partial charge in [0.25, 0.3) is 0 Å². The van der Waals surface area contributed by atoms with Crippen LogP contribution in [0.5, 0.6) is 0 Å². The number of anilines is 1. The molecule has 1 N–H and O–H groups in total. The number of hydrogen-bond donors (Lipinski definition) is 1. The number of amides is 1. The lowest BCUT2D eigenvalue weighted by Crippen LogP contribution is -2.33. The van der Waals surface area contributed by atoms with E-state index in [1.54, 1.807) is 29.3 Å². The monoisotopic (exact) mass is 437 g/mol. The third-order valence-corrected chi connectivity index (χ3v) is 4.58. The summed E-state index contributed by atoms with van der Waals surface area (Å²) in [5.41, 5.74) is -0.392. The summed E-state index contributed by atoms with van der Waals surface area (Å²) in [6, 6.07) is 12.0. The largest absolute Gasteiger partial charge is 0.439 e. The summed E-state index contributed by atoms with van der Waals surface area (Å²) in [7, 11) is 0. The Balaban J connectivity index is 1.65. The van der Waals surface area contributed by atoms with Crippen LogP contribution in [0, 0.1) is 0 Å². The van der Waals surface area contributed by atoms with Crippen molar-refractivity contribution < 1.29 is 22.4 Å². The van der Waals surface area contributed by atoms with Gasteiger partial charge in [0.1, 0.15) is 0 Å². The SMILES string of the molecule is CCN(CC(=O)Nc1ccccc1C(F)(F)F)Cc1ncc(-c2cccc(Cl)c2)o1. The Morgan fingerprint density at radius 2 is 1.97 bits per heavy atom. The highest BCUT2D eigenvalue weighted by Gasteiger charge is 2.33. The van der Waals surface area contributed by atoms with Gasteiger partial charge in [-0.25, -0.2) is 4.98 Å². The zero-order chi connectivity index (χ0) is 21.7. The van der Waals surface area contributed by atoms with Gasteiger partial charge in [0.15, 0.2) is 5.76 Å². The average molecular weight is 438 g/mol. The number of aromatic nitrogens is 1. The molecule has 0 aliphatic carbocycles. The molecule has 0 spiro atoms. The second-order valence-electron chi connectivity index (χ2n) is 6.52. The van der Waals surface area contributed by atoms with Crippen LogP contribution in [0.1, 0.15) is 18.4 Å². The van der Waals surface area contributed by atoms with E-state index >= 15 is 0 Å². The molecule has 30 heavy (non-hydrogen) atoms. The van der Waals surface area contributed by atoms with Gasteiger partial charge in [0.05, 0.1) is 30.5 Å². The van der Waals surface area contributed by atoms with Gasteiger partial charge in [-0.3, -0.25) is 9.69 Å². The van der Waals surface area contributed by atoms with E-state index in [1.165, 1.54) is 18.2 Å². The highest BCUT2D eigenvalue weighted by atomic mass is 35.5. The second kappa shape index (κ2) is 9.32. The van der Waals surface area contributed by atoms with Crippen LogP contribution in [0.2, 0.25) is 5.02 Å². The first-order valence-corrected chi connectivity index (χ1v) is 9.53. The number of oxazole rings is 1. The van der Waals surface area contributed by atoms with Crippen LogP contribution >= 0.6 is 11.6 Å². The van der Waals surface area contributed by atoms with Crippen LogP contribution in [-0.2, 0) is 17.5 Å². The number of benzene rings is 2. The van der Waals surface area contributed by atoms with Crippen LogP contribution < -0.4 is 5.32 Å². The molecule has 0 atom stereocenters. The van der Waals surface area contributed by atoms with E-state index in [0.29, 0.717) is 23.2 Å². The van der Waals surface area contributed by atoms with Crippen LogP contribution in [0.3, 0.4) is 0 Å². The molecule has 1 heterocycles. The number of alkyl halides is 3. The van der Waals surface area contributed by atoms with Crippen LogP contribution in [0.15, 0.2) is 59.1 Å². The Morgan fingerprint density at radius 1 is 1.20 bits per heavy atom. The van der Waals surface area contributed by atoms with Crippen molar-refractivity contribution in [2.75, 3.05) is 18.4 Å². The van der Waals surface area contributed by atoms with Crippen molar-refractivity contribution in [3.05, 3.63) is 71.2 Å². The minimum atomic E-state index is -4.55. The molecule has 0 saturated heterocycles. The fourth-order valence-electron chi connectivity index (χ4n) is 2.86. The molecule has 3 aromatic rings. The van der Waals surface area contributed by atoms with E-state index in [0.717, 1.165) is 11.6 Å². The quantitative estimate of drug-likeness (QED) is 0.532. The predicted octanol–water partition coefficient (Wildman–Crippen LogP) is 5.47. The van der Waals surface area contributed by atoms with Gasteiger partial charge in [-0.1, -0.05) is 42.8 Å². The molecule has 1 aromatic heterocycles. The van der Waals surface area contributed by atoms with E-state index in [9.17, 15) is 18.0 Å². The standard InChI is InChI=1S/C21H19ClF3N3O2/c1-2-28(12-19(29)27-17-9-4-3-8-16(17)21(23,24)25)13-20-26-11-18(30-20)14-6-5-7-15(22)10-14/h3-11H,2,12-13H2,1H3,(H,27,29). The number of nitrogens with zero attached hydrogens (tertiary/aromatic N) is 2. The number of nitrogens with one attached hydrogen (secondary N) is 1. The summed E-state index contributed by atoms with van der Waals surface area (Å²) in [5.74, 6) is 0.359. The zero-order valence-electron chi connectivity index (χ0n) is 16.0. The second-order valence-corrected chi connectivity index (χ2v) is 6.96. The molecule has 9 heteroatoms. The molecule has 0 bridgehead atoms. The number of hydrogen-bond acceptors (Lipinski definition) is 4. The molecule has 0 saturated carbocycles. The van der Waals surface area contributed by atoms with Gasteiger partial charge >= 0.3 is 6.18 Å². The smallest absolute Gasteiger partial charge is 0.418 e. The first-order chi connectivity index (χ1) is 14.3. The van der Waals surface area contributed by atoms with Crippen molar-refractivity contribution in [1.82, 2.24) is 9.88 Å². The molecule has 5 nitrogen and oxygen atoms in total. The number of halogens is 4. The van der Waals surface area contributed by atoms with Crippen LogP contribution in [0.4, 0.5) is 18.9 Å². The van der Waals surface area contributed by atoms with Crippen molar-refractivity contribution in [3.63, 3.8) is 0 Å². The molecular weight excluding hydrogens is 419 g/mol.